The highest BCUT2D eigenvalue weighted by Gasteiger charge is 2.10. The molecule has 3 rings (SSSR count). The molecule has 2 amide bonds. The Morgan fingerprint density at radius 2 is 1.83 bits per heavy atom. The summed E-state index contributed by atoms with van der Waals surface area (Å²) in [5.74, 6) is 0. The summed E-state index contributed by atoms with van der Waals surface area (Å²) >= 11 is 13.2. The molecule has 0 fully saturated rings. The Morgan fingerprint density at radius 3 is 2.58 bits per heavy atom. The summed E-state index contributed by atoms with van der Waals surface area (Å²) in [6.07, 6.45) is 0.671. The molecule has 0 bridgehead atoms. The normalized spacial score (nSPS) is 10.4. The van der Waals surface area contributed by atoms with Gasteiger partial charge in [0.1, 0.15) is 5.01 Å². The number of rotatable bonds is 4. The van der Waals surface area contributed by atoms with Crippen LogP contribution in [0.3, 0.4) is 0 Å². The van der Waals surface area contributed by atoms with E-state index in [-0.39, 0.29) is 0 Å². The molecular formula is C16H12Cl2N4OS. The molecule has 0 radical (unpaired) electrons. The quantitative estimate of drug-likeness (QED) is 0.664. The van der Waals surface area contributed by atoms with Gasteiger partial charge in [-0.25, -0.2) is 4.79 Å². The Hall–Kier alpha value is -2.15. The van der Waals surface area contributed by atoms with Gasteiger partial charge in [-0.3, -0.25) is 5.32 Å². The van der Waals surface area contributed by atoms with Crippen molar-refractivity contribution in [2.45, 2.75) is 6.42 Å². The second-order valence-electron chi connectivity index (χ2n) is 4.87. The molecule has 2 N–H and O–H groups in total. The van der Waals surface area contributed by atoms with Crippen LogP contribution >= 0.6 is 34.5 Å². The Morgan fingerprint density at radius 1 is 1.04 bits per heavy atom. The fourth-order valence-corrected chi connectivity index (χ4v) is 3.21. The van der Waals surface area contributed by atoms with Crippen molar-refractivity contribution in [3.63, 3.8) is 0 Å². The van der Waals surface area contributed by atoms with E-state index < -0.39 is 6.03 Å². The van der Waals surface area contributed by atoms with Crippen LogP contribution in [-0.2, 0) is 6.42 Å². The Balaban J connectivity index is 1.61. The fourth-order valence-electron chi connectivity index (χ4n) is 1.99. The summed E-state index contributed by atoms with van der Waals surface area (Å²) in [4.78, 5) is 12.0. The Bertz CT molecular complexity index is 854. The summed E-state index contributed by atoms with van der Waals surface area (Å²) in [7, 11) is 0. The molecule has 5 nitrogen and oxygen atoms in total. The number of hydrogen-bond donors (Lipinski definition) is 2. The number of aromatic nitrogens is 2. The van der Waals surface area contributed by atoms with Crippen molar-refractivity contribution in [3.8, 4) is 0 Å². The van der Waals surface area contributed by atoms with E-state index in [9.17, 15) is 4.79 Å². The van der Waals surface area contributed by atoms with Crippen molar-refractivity contribution >= 4 is 51.4 Å². The van der Waals surface area contributed by atoms with Gasteiger partial charge in [0, 0.05) is 11.4 Å². The number of amides is 2. The molecule has 24 heavy (non-hydrogen) atoms. The maximum atomic E-state index is 12.0. The van der Waals surface area contributed by atoms with Gasteiger partial charge in [0.25, 0.3) is 0 Å². The predicted octanol–water partition coefficient (Wildman–Crippen LogP) is 5.08. The number of carbonyl (C=O) groups excluding carboxylic acids is 1. The monoisotopic (exact) mass is 378 g/mol. The first kappa shape index (κ1) is 16.7. The van der Waals surface area contributed by atoms with Crippen molar-refractivity contribution < 1.29 is 4.79 Å². The van der Waals surface area contributed by atoms with Crippen LogP contribution in [0.25, 0.3) is 0 Å². The van der Waals surface area contributed by atoms with Crippen molar-refractivity contribution in [2.75, 3.05) is 10.6 Å². The van der Waals surface area contributed by atoms with E-state index in [1.54, 1.807) is 18.2 Å². The summed E-state index contributed by atoms with van der Waals surface area (Å²) in [6.45, 7) is 0. The third-order valence-electron chi connectivity index (χ3n) is 3.06. The third kappa shape index (κ3) is 4.44. The van der Waals surface area contributed by atoms with Crippen LogP contribution in [0.15, 0.2) is 48.5 Å². The van der Waals surface area contributed by atoms with Gasteiger partial charge in [0.05, 0.1) is 10.7 Å². The second kappa shape index (κ2) is 7.61. The zero-order valence-electron chi connectivity index (χ0n) is 12.3. The molecule has 0 atom stereocenters. The Labute approximate surface area is 152 Å². The molecule has 0 spiro atoms. The molecule has 3 aromatic rings. The second-order valence-corrected chi connectivity index (χ2v) is 6.77. The molecule has 0 aliphatic carbocycles. The molecule has 1 aromatic heterocycles. The zero-order valence-corrected chi connectivity index (χ0v) is 14.6. The van der Waals surface area contributed by atoms with Crippen molar-refractivity contribution in [1.29, 1.82) is 0 Å². The van der Waals surface area contributed by atoms with E-state index in [0.717, 1.165) is 10.6 Å². The summed E-state index contributed by atoms with van der Waals surface area (Å²) in [5, 5.41) is 15.4. The van der Waals surface area contributed by atoms with Gasteiger partial charge >= 0.3 is 6.03 Å². The minimum Gasteiger partial charge on any atom is -0.306 e. The molecule has 8 heteroatoms. The van der Waals surface area contributed by atoms with E-state index in [1.165, 1.54) is 11.3 Å². The number of hydrogen-bond acceptors (Lipinski definition) is 4. The topological polar surface area (TPSA) is 66.9 Å². The van der Waals surface area contributed by atoms with Crippen molar-refractivity contribution in [3.05, 3.63) is 69.1 Å². The number of nitrogens with one attached hydrogen (secondary N) is 2. The fraction of sp³-hybridized carbons (Fsp3) is 0.0625. The van der Waals surface area contributed by atoms with Gasteiger partial charge in [-0.05, 0) is 23.8 Å². The smallest absolute Gasteiger partial charge is 0.306 e. The highest BCUT2D eigenvalue weighted by Crippen LogP contribution is 2.25. The van der Waals surface area contributed by atoms with Crippen LogP contribution in [0.4, 0.5) is 15.6 Å². The number of benzene rings is 2. The molecule has 0 aliphatic rings. The standard InChI is InChI=1S/C16H12Cl2N4OS/c17-11-6-7-13(12(18)9-11)19-15(23)20-16-22-21-14(24-16)8-10-4-2-1-3-5-10/h1-7,9H,8H2,(H2,19,20,22,23). The van der Waals surface area contributed by atoms with Gasteiger partial charge in [-0.15, -0.1) is 10.2 Å². The van der Waals surface area contributed by atoms with Gasteiger partial charge in [0.15, 0.2) is 0 Å². The molecular weight excluding hydrogens is 367 g/mol. The molecule has 1 heterocycles. The van der Waals surface area contributed by atoms with Crippen molar-refractivity contribution in [1.82, 2.24) is 10.2 Å². The van der Waals surface area contributed by atoms with E-state index in [1.807, 2.05) is 30.3 Å². The lowest BCUT2D eigenvalue weighted by Crippen LogP contribution is -2.19. The first-order valence-corrected chi connectivity index (χ1v) is 8.57. The van der Waals surface area contributed by atoms with Crippen LogP contribution in [0.2, 0.25) is 10.0 Å². The molecule has 0 unspecified atom stereocenters. The molecule has 0 saturated heterocycles. The SMILES string of the molecule is O=C(Nc1nnc(Cc2ccccc2)s1)Nc1ccc(Cl)cc1Cl. The highest BCUT2D eigenvalue weighted by atomic mass is 35.5. The molecule has 0 saturated carbocycles. The minimum absolute atomic E-state index is 0.361. The summed E-state index contributed by atoms with van der Waals surface area (Å²) in [5.41, 5.74) is 1.60. The average Bonchev–Trinajstić information content (AvgIpc) is 2.98. The Kier molecular flexibility index (Phi) is 5.30. The molecule has 0 aliphatic heterocycles. The maximum absolute atomic E-state index is 12.0. The lowest BCUT2D eigenvalue weighted by molar-refractivity contribution is 0.262. The number of halogens is 2. The van der Waals surface area contributed by atoms with E-state index in [4.69, 9.17) is 23.2 Å². The predicted molar refractivity (Wildman–Crippen MR) is 98.3 cm³/mol. The van der Waals surface area contributed by atoms with Crippen LogP contribution < -0.4 is 10.6 Å². The van der Waals surface area contributed by atoms with Gasteiger partial charge in [-0.1, -0.05) is 64.9 Å². The summed E-state index contributed by atoms with van der Waals surface area (Å²) < 4.78 is 0. The number of nitrogens with zero attached hydrogens (tertiary/aromatic N) is 2. The largest absolute Gasteiger partial charge is 0.325 e. The van der Waals surface area contributed by atoms with Crippen LogP contribution in [-0.4, -0.2) is 16.2 Å². The van der Waals surface area contributed by atoms with Crippen molar-refractivity contribution in [2.24, 2.45) is 0 Å². The molecule has 122 valence electrons. The van der Waals surface area contributed by atoms with Gasteiger partial charge in [0.2, 0.25) is 5.13 Å². The van der Waals surface area contributed by atoms with Crippen LogP contribution in [0, 0.1) is 0 Å². The number of urea groups is 1. The lowest BCUT2D eigenvalue weighted by atomic mass is 10.2. The third-order valence-corrected chi connectivity index (χ3v) is 4.45. The maximum Gasteiger partial charge on any atom is 0.325 e. The minimum atomic E-state index is -0.443. The zero-order chi connectivity index (χ0) is 16.9. The van der Waals surface area contributed by atoms with E-state index in [0.29, 0.717) is 27.3 Å². The van der Waals surface area contributed by atoms with E-state index >= 15 is 0 Å². The summed E-state index contributed by atoms with van der Waals surface area (Å²) in [6, 6.07) is 14.3. The highest BCUT2D eigenvalue weighted by molar-refractivity contribution is 7.15. The van der Waals surface area contributed by atoms with Gasteiger partial charge in [-0.2, -0.15) is 0 Å². The first-order valence-electron chi connectivity index (χ1n) is 6.99. The van der Waals surface area contributed by atoms with Gasteiger partial charge < -0.3 is 5.32 Å². The number of carbonyl (C=O) groups is 1. The van der Waals surface area contributed by atoms with E-state index in [2.05, 4.69) is 20.8 Å². The average molecular weight is 379 g/mol. The lowest BCUT2D eigenvalue weighted by Gasteiger charge is -2.07. The molecule has 2 aromatic carbocycles. The van der Waals surface area contributed by atoms with Crippen LogP contribution in [0.1, 0.15) is 10.6 Å². The number of anilines is 2. The van der Waals surface area contributed by atoms with Crippen LogP contribution in [0.5, 0.6) is 0 Å². The first-order chi connectivity index (χ1) is 11.6.